The van der Waals surface area contributed by atoms with E-state index in [0.717, 1.165) is 61.9 Å². The monoisotopic (exact) mass is 360 g/mol. The third-order valence-electron chi connectivity index (χ3n) is 5.57. The Kier molecular flexibility index (Phi) is 4.48. The Morgan fingerprint density at radius 2 is 2.08 bits per heavy atom. The van der Waals surface area contributed by atoms with Gasteiger partial charge in [0, 0.05) is 23.4 Å². The van der Waals surface area contributed by atoms with Gasteiger partial charge in [-0.05, 0) is 56.7 Å². The van der Waals surface area contributed by atoms with Gasteiger partial charge in [-0.1, -0.05) is 6.42 Å². The van der Waals surface area contributed by atoms with E-state index in [0.29, 0.717) is 23.8 Å². The summed E-state index contributed by atoms with van der Waals surface area (Å²) in [6, 6.07) is 3.76. The zero-order valence-electron chi connectivity index (χ0n) is 14.5. The van der Waals surface area contributed by atoms with E-state index < -0.39 is 11.6 Å². The number of aromatic nitrogens is 2. The molecule has 2 aliphatic carbocycles. The SMILES string of the molecule is NCC1CCCC1NC(=O)c1nn(-c2ccc(F)c(F)c2)c2c1CCC2. The van der Waals surface area contributed by atoms with Crippen LogP contribution in [-0.4, -0.2) is 28.3 Å². The van der Waals surface area contributed by atoms with Crippen molar-refractivity contribution in [3.05, 3.63) is 46.8 Å². The van der Waals surface area contributed by atoms with Gasteiger partial charge in [-0.25, -0.2) is 13.5 Å². The summed E-state index contributed by atoms with van der Waals surface area (Å²) in [6.07, 6.45) is 5.49. The molecule has 0 spiro atoms. The molecule has 2 aliphatic rings. The zero-order valence-corrected chi connectivity index (χ0v) is 14.5. The van der Waals surface area contributed by atoms with Crippen LogP contribution in [0.3, 0.4) is 0 Å². The highest BCUT2D eigenvalue weighted by Gasteiger charge is 2.31. The fourth-order valence-electron chi connectivity index (χ4n) is 4.20. The molecular weight excluding hydrogens is 338 g/mol. The Labute approximate surface area is 150 Å². The lowest BCUT2D eigenvalue weighted by molar-refractivity contribution is 0.0922. The lowest BCUT2D eigenvalue weighted by atomic mass is 10.0. The quantitative estimate of drug-likeness (QED) is 0.880. The number of rotatable bonds is 4. The van der Waals surface area contributed by atoms with Gasteiger partial charge in [0.1, 0.15) is 0 Å². The van der Waals surface area contributed by atoms with Crippen molar-refractivity contribution >= 4 is 5.91 Å². The van der Waals surface area contributed by atoms with E-state index in [1.54, 1.807) is 4.68 Å². The van der Waals surface area contributed by atoms with E-state index in [4.69, 9.17) is 5.73 Å². The first-order valence-corrected chi connectivity index (χ1v) is 9.15. The molecule has 2 aromatic rings. The maximum atomic E-state index is 13.6. The second kappa shape index (κ2) is 6.79. The summed E-state index contributed by atoms with van der Waals surface area (Å²) in [4.78, 5) is 12.8. The first-order valence-electron chi connectivity index (χ1n) is 9.15. The molecule has 5 nitrogen and oxygen atoms in total. The van der Waals surface area contributed by atoms with Crippen LogP contribution < -0.4 is 11.1 Å². The summed E-state index contributed by atoms with van der Waals surface area (Å²) in [5.74, 6) is -1.72. The fraction of sp³-hybridized carbons (Fsp3) is 0.474. The molecule has 1 heterocycles. The molecule has 0 radical (unpaired) electrons. The van der Waals surface area contributed by atoms with Crippen molar-refractivity contribution in [2.75, 3.05) is 6.54 Å². The summed E-state index contributed by atoms with van der Waals surface area (Å²) >= 11 is 0. The van der Waals surface area contributed by atoms with Crippen LogP contribution in [0.25, 0.3) is 5.69 Å². The minimum Gasteiger partial charge on any atom is -0.348 e. The number of amides is 1. The van der Waals surface area contributed by atoms with Crippen molar-refractivity contribution in [1.29, 1.82) is 0 Å². The van der Waals surface area contributed by atoms with E-state index in [1.807, 2.05) is 0 Å². The smallest absolute Gasteiger partial charge is 0.272 e. The lowest BCUT2D eigenvalue weighted by Crippen LogP contribution is -2.40. The number of fused-ring (bicyclic) bond motifs is 1. The van der Waals surface area contributed by atoms with Crippen molar-refractivity contribution < 1.29 is 13.6 Å². The number of carbonyl (C=O) groups is 1. The van der Waals surface area contributed by atoms with E-state index >= 15 is 0 Å². The van der Waals surface area contributed by atoms with Gasteiger partial charge in [-0.3, -0.25) is 4.79 Å². The number of halogens is 2. The van der Waals surface area contributed by atoms with E-state index in [1.165, 1.54) is 6.07 Å². The third kappa shape index (κ3) is 2.90. The molecule has 26 heavy (non-hydrogen) atoms. The van der Waals surface area contributed by atoms with Gasteiger partial charge in [-0.2, -0.15) is 5.10 Å². The molecule has 1 saturated carbocycles. The van der Waals surface area contributed by atoms with Crippen LogP contribution in [0.2, 0.25) is 0 Å². The van der Waals surface area contributed by atoms with Crippen LogP contribution in [0.15, 0.2) is 18.2 Å². The lowest BCUT2D eigenvalue weighted by Gasteiger charge is -2.19. The van der Waals surface area contributed by atoms with Gasteiger partial charge in [-0.15, -0.1) is 0 Å². The highest BCUT2D eigenvalue weighted by Crippen LogP contribution is 2.29. The largest absolute Gasteiger partial charge is 0.348 e. The van der Waals surface area contributed by atoms with E-state index in [-0.39, 0.29) is 11.9 Å². The molecule has 138 valence electrons. The predicted molar refractivity (Wildman–Crippen MR) is 93.2 cm³/mol. The molecule has 0 saturated heterocycles. The van der Waals surface area contributed by atoms with Crippen molar-refractivity contribution in [2.24, 2.45) is 11.7 Å². The molecule has 2 unspecified atom stereocenters. The maximum absolute atomic E-state index is 13.6. The number of benzene rings is 1. The summed E-state index contributed by atoms with van der Waals surface area (Å²) in [7, 11) is 0. The number of nitrogens with one attached hydrogen (secondary N) is 1. The fourth-order valence-corrected chi connectivity index (χ4v) is 4.20. The average Bonchev–Trinajstić information content (AvgIpc) is 3.33. The molecule has 1 amide bonds. The molecule has 1 fully saturated rings. The summed E-state index contributed by atoms with van der Waals surface area (Å²) in [5.41, 5.74) is 8.44. The second-order valence-electron chi connectivity index (χ2n) is 7.14. The van der Waals surface area contributed by atoms with Crippen LogP contribution in [-0.2, 0) is 12.8 Å². The maximum Gasteiger partial charge on any atom is 0.272 e. The topological polar surface area (TPSA) is 72.9 Å². The third-order valence-corrected chi connectivity index (χ3v) is 5.57. The van der Waals surface area contributed by atoms with Crippen molar-refractivity contribution in [3.63, 3.8) is 0 Å². The molecule has 0 aliphatic heterocycles. The summed E-state index contributed by atoms with van der Waals surface area (Å²) in [5, 5.41) is 7.53. The Morgan fingerprint density at radius 1 is 1.23 bits per heavy atom. The Hall–Kier alpha value is -2.28. The molecule has 7 heteroatoms. The van der Waals surface area contributed by atoms with Crippen molar-refractivity contribution in [2.45, 2.75) is 44.6 Å². The summed E-state index contributed by atoms with van der Waals surface area (Å²) in [6.45, 7) is 0.562. The van der Waals surface area contributed by atoms with Crippen molar-refractivity contribution in [3.8, 4) is 5.69 Å². The molecule has 1 aromatic carbocycles. The predicted octanol–water partition coefficient (Wildman–Crippen LogP) is 2.50. The van der Waals surface area contributed by atoms with Gasteiger partial charge in [0.2, 0.25) is 0 Å². The van der Waals surface area contributed by atoms with Gasteiger partial charge >= 0.3 is 0 Å². The molecular formula is C19H22F2N4O. The van der Waals surface area contributed by atoms with Crippen LogP contribution >= 0.6 is 0 Å². The standard InChI is InChI=1S/C19H22F2N4O/c20-14-8-7-12(9-15(14)21)25-17-6-2-4-13(17)18(24-25)19(26)23-16-5-1-3-11(16)10-22/h7-9,11,16H,1-6,10,22H2,(H,23,26). The van der Waals surface area contributed by atoms with Gasteiger partial charge in [0.05, 0.1) is 5.69 Å². The molecule has 2 atom stereocenters. The minimum absolute atomic E-state index is 0.0815. The van der Waals surface area contributed by atoms with Gasteiger partial charge < -0.3 is 11.1 Å². The van der Waals surface area contributed by atoms with Gasteiger partial charge in [0.15, 0.2) is 17.3 Å². The van der Waals surface area contributed by atoms with Crippen LogP contribution in [0.4, 0.5) is 8.78 Å². The second-order valence-corrected chi connectivity index (χ2v) is 7.14. The number of hydrogen-bond donors (Lipinski definition) is 2. The van der Waals surface area contributed by atoms with Crippen LogP contribution in [0, 0.1) is 17.6 Å². The Bertz CT molecular complexity index is 848. The molecule has 0 bridgehead atoms. The molecule has 3 N–H and O–H groups in total. The van der Waals surface area contributed by atoms with Crippen LogP contribution in [0.1, 0.15) is 47.4 Å². The zero-order chi connectivity index (χ0) is 18.3. The Balaban J connectivity index is 1.65. The Morgan fingerprint density at radius 3 is 2.85 bits per heavy atom. The number of hydrogen-bond acceptors (Lipinski definition) is 3. The van der Waals surface area contributed by atoms with E-state index in [9.17, 15) is 13.6 Å². The first-order chi connectivity index (χ1) is 12.6. The minimum atomic E-state index is -0.924. The number of nitrogens with two attached hydrogens (primary N) is 1. The molecule has 1 aromatic heterocycles. The van der Waals surface area contributed by atoms with Crippen molar-refractivity contribution in [1.82, 2.24) is 15.1 Å². The first kappa shape index (κ1) is 17.1. The highest BCUT2D eigenvalue weighted by molar-refractivity contribution is 5.94. The highest BCUT2D eigenvalue weighted by atomic mass is 19.2. The number of nitrogens with zero attached hydrogens (tertiary/aromatic N) is 2. The normalized spacial score (nSPS) is 21.8. The molecule has 4 rings (SSSR count). The van der Waals surface area contributed by atoms with Gasteiger partial charge in [0.25, 0.3) is 5.91 Å². The summed E-state index contributed by atoms with van der Waals surface area (Å²) < 4.78 is 28.4. The number of carbonyl (C=O) groups excluding carboxylic acids is 1. The van der Waals surface area contributed by atoms with E-state index in [2.05, 4.69) is 10.4 Å². The average molecular weight is 360 g/mol. The van der Waals surface area contributed by atoms with Crippen LogP contribution in [0.5, 0.6) is 0 Å².